The summed E-state index contributed by atoms with van der Waals surface area (Å²) in [6.07, 6.45) is 1.91. The van der Waals surface area contributed by atoms with Crippen LogP contribution in [0.2, 0.25) is 15.1 Å². The van der Waals surface area contributed by atoms with Crippen molar-refractivity contribution in [3.8, 4) is 0 Å². The van der Waals surface area contributed by atoms with E-state index in [1.54, 1.807) is 12.1 Å². The van der Waals surface area contributed by atoms with Gasteiger partial charge in [-0.2, -0.15) is 5.10 Å². The Labute approximate surface area is 196 Å². The molecule has 154 valence electrons. The van der Waals surface area contributed by atoms with Crippen LogP contribution in [0.1, 0.15) is 16.7 Å². The highest BCUT2D eigenvalue weighted by Gasteiger charge is 2.10. The van der Waals surface area contributed by atoms with Crippen LogP contribution in [0.3, 0.4) is 0 Å². The smallest absolute Gasteiger partial charge is 0.206 e. The van der Waals surface area contributed by atoms with E-state index < -0.39 is 0 Å². The molecule has 3 aromatic rings. The highest BCUT2D eigenvalue weighted by Crippen LogP contribution is 2.27. The van der Waals surface area contributed by atoms with Crippen LogP contribution in [0.4, 0.5) is 0 Å². The van der Waals surface area contributed by atoms with Crippen LogP contribution < -0.4 is 11.2 Å². The minimum Gasteiger partial charge on any atom is -0.369 e. The lowest BCUT2D eigenvalue weighted by Gasteiger charge is -2.11. The zero-order valence-corrected chi connectivity index (χ0v) is 18.7. The van der Waals surface area contributed by atoms with Gasteiger partial charge in [0.1, 0.15) is 0 Å². The molecule has 0 aliphatic heterocycles. The Kier molecular flexibility index (Phi) is 8.75. The van der Waals surface area contributed by atoms with Gasteiger partial charge in [0.25, 0.3) is 0 Å². The fourth-order valence-electron chi connectivity index (χ4n) is 2.65. The zero-order valence-electron chi connectivity index (χ0n) is 15.6. The molecule has 0 unspecified atom stereocenters. The quantitative estimate of drug-likeness (QED) is 0.225. The molecule has 0 radical (unpaired) electrons. The maximum atomic E-state index is 7.43. The summed E-state index contributed by atoms with van der Waals surface area (Å²) < 4.78 is 0. The Bertz CT molecular complexity index is 1010. The number of hydrogen-bond donors (Lipinski definition) is 3. The molecule has 0 spiro atoms. The topological polar surface area (TPSA) is 74.3 Å². The van der Waals surface area contributed by atoms with Gasteiger partial charge in [0.15, 0.2) is 0 Å². The molecule has 0 fully saturated rings. The maximum Gasteiger partial charge on any atom is 0.206 e. The Hall–Kier alpha value is -2.50. The van der Waals surface area contributed by atoms with E-state index in [0.29, 0.717) is 20.8 Å². The first kappa shape index (κ1) is 23.8. The minimum atomic E-state index is -0.260. The second-order valence-electron chi connectivity index (χ2n) is 6.10. The molecule has 0 aliphatic rings. The summed E-state index contributed by atoms with van der Waals surface area (Å²) in [4.78, 5) is 0. The SMILES string of the molecule is Cl.N=C(N)NN=C(C=C(c1ccc(Cl)cc1)c1ccc(Cl)cc1)c1ccc(Cl)cc1. The first-order chi connectivity index (χ1) is 13.9. The Morgan fingerprint density at radius 1 is 0.733 bits per heavy atom. The Morgan fingerprint density at radius 3 is 1.47 bits per heavy atom. The van der Waals surface area contributed by atoms with Gasteiger partial charge in [0.2, 0.25) is 5.96 Å². The molecule has 0 aromatic heterocycles. The number of nitrogens with two attached hydrogens (primary N) is 1. The molecule has 0 saturated carbocycles. The van der Waals surface area contributed by atoms with Gasteiger partial charge in [0, 0.05) is 20.6 Å². The zero-order chi connectivity index (χ0) is 20.8. The van der Waals surface area contributed by atoms with Gasteiger partial charge < -0.3 is 5.73 Å². The number of benzene rings is 3. The first-order valence-corrected chi connectivity index (χ1v) is 9.73. The maximum absolute atomic E-state index is 7.43. The molecule has 0 bridgehead atoms. The van der Waals surface area contributed by atoms with Crippen molar-refractivity contribution >= 4 is 64.5 Å². The number of allylic oxidation sites excluding steroid dienone is 1. The number of hydrazone groups is 1. The van der Waals surface area contributed by atoms with Crippen LogP contribution in [-0.4, -0.2) is 11.7 Å². The van der Waals surface area contributed by atoms with E-state index in [1.807, 2.05) is 66.7 Å². The van der Waals surface area contributed by atoms with Crippen molar-refractivity contribution in [2.24, 2.45) is 10.8 Å². The summed E-state index contributed by atoms with van der Waals surface area (Å²) in [6.45, 7) is 0. The fourth-order valence-corrected chi connectivity index (χ4v) is 3.03. The predicted octanol–water partition coefficient (Wildman–Crippen LogP) is 6.39. The van der Waals surface area contributed by atoms with Crippen molar-refractivity contribution in [3.05, 3.63) is 111 Å². The van der Waals surface area contributed by atoms with Crippen LogP contribution in [0.25, 0.3) is 5.57 Å². The van der Waals surface area contributed by atoms with E-state index in [4.69, 9.17) is 45.9 Å². The summed E-state index contributed by atoms with van der Waals surface area (Å²) in [6, 6.07) is 22.3. The Morgan fingerprint density at radius 2 is 1.10 bits per heavy atom. The van der Waals surface area contributed by atoms with Crippen LogP contribution in [0, 0.1) is 5.41 Å². The summed E-state index contributed by atoms with van der Waals surface area (Å²) in [5, 5.41) is 13.6. The molecule has 3 rings (SSSR count). The molecule has 8 heteroatoms. The molecular formula is C22H18Cl4N4. The van der Waals surface area contributed by atoms with E-state index in [9.17, 15) is 0 Å². The number of hydrogen-bond acceptors (Lipinski definition) is 2. The van der Waals surface area contributed by atoms with Crippen molar-refractivity contribution in [1.82, 2.24) is 5.43 Å². The highest BCUT2D eigenvalue weighted by atomic mass is 35.5. The summed E-state index contributed by atoms with van der Waals surface area (Å²) >= 11 is 18.1. The van der Waals surface area contributed by atoms with Gasteiger partial charge >= 0.3 is 0 Å². The largest absolute Gasteiger partial charge is 0.369 e. The summed E-state index contributed by atoms with van der Waals surface area (Å²) in [7, 11) is 0. The minimum absolute atomic E-state index is 0. The van der Waals surface area contributed by atoms with Crippen molar-refractivity contribution in [3.63, 3.8) is 0 Å². The third-order valence-electron chi connectivity index (χ3n) is 4.03. The molecule has 3 aromatic carbocycles. The second kappa shape index (κ2) is 11.0. The van der Waals surface area contributed by atoms with Gasteiger partial charge in [-0.05, 0) is 59.2 Å². The molecule has 4 N–H and O–H groups in total. The van der Waals surface area contributed by atoms with E-state index in [1.165, 1.54) is 0 Å². The van der Waals surface area contributed by atoms with Crippen LogP contribution in [0.5, 0.6) is 0 Å². The van der Waals surface area contributed by atoms with E-state index in [2.05, 4.69) is 10.5 Å². The monoisotopic (exact) mass is 478 g/mol. The number of halogens is 4. The second-order valence-corrected chi connectivity index (χ2v) is 7.41. The van der Waals surface area contributed by atoms with E-state index in [0.717, 1.165) is 22.3 Å². The molecule has 0 amide bonds. The Balaban J connectivity index is 0.00000320. The van der Waals surface area contributed by atoms with Gasteiger partial charge in [0.05, 0.1) is 5.71 Å². The summed E-state index contributed by atoms with van der Waals surface area (Å²) in [5.41, 5.74) is 12.1. The van der Waals surface area contributed by atoms with E-state index >= 15 is 0 Å². The average Bonchev–Trinajstić information content (AvgIpc) is 2.71. The number of rotatable bonds is 5. The van der Waals surface area contributed by atoms with Gasteiger partial charge in [-0.25, -0.2) is 5.43 Å². The molecule has 4 nitrogen and oxygen atoms in total. The number of guanidine groups is 1. The number of nitrogens with one attached hydrogen (secondary N) is 2. The van der Waals surface area contributed by atoms with Crippen LogP contribution >= 0.6 is 47.2 Å². The van der Waals surface area contributed by atoms with E-state index in [-0.39, 0.29) is 18.4 Å². The molecule has 0 heterocycles. The van der Waals surface area contributed by atoms with Crippen LogP contribution in [0.15, 0.2) is 84.0 Å². The van der Waals surface area contributed by atoms with Crippen molar-refractivity contribution in [1.29, 1.82) is 5.41 Å². The molecular weight excluding hydrogens is 462 g/mol. The first-order valence-electron chi connectivity index (χ1n) is 8.59. The standard InChI is InChI=1S/C22H17Cl3N4.ClH/c23-17-7-1-14(2-8-17)20(15-3-9-18(24)10-4-15)13-21(28-29-22(26)27)16-5-11-19(25)12-6-16;/h1-13H,(H4,26,27,29);1H. The molecule has 0 saturated heterocycles. The molecule has 0 aliphatic carbocycles. The lowest BCUT2D eigenvalue weighted by Crippen LogP contribution is -2.26. The molecule has 0 atom stereocenters. The molecule has 30 heavy (non-hydrogen) atoms. The average molecular weight is 480 g/mol. The predicted molar refractivity (Wildman–Crippen MR) is 130 cm³/mol. The highest BCUT2D eigenvalue weighted by molar-refractivity contribution is 6.31. The lowest BCUT2D eigenvalue weighted by atomic mass is 9.95. The summed E-state index contributed by atoms with van der Waals surface area (Å²) in [5.74, 6) is -0.260. The number of nitrogens with zero attached hydrogens (tertiary/aromatic N) is 1. The normalized spacial score (nSPS) is 10.7. The van der Waals surface area contributed by atoms with Crippen molar-refractivity contribution in [2.45, 2.75) is 0 Å². The lowest BCUT2D eigenvalue weighted by molar-refractivity contribution is 0.996. The van der Waals surface area contributed by atoms with Crippen molar-refractivity contribution in [2.75, 3.05) is 0 Å². The third-order valence-corrected chi connectivity index (χ3v) is 4.78. The van der Waals surface area contributed by atoms with Gasteiger partial charge in [-0.3, -0.25) is 5.41 Å². The van der Waals surface area contributed by atoms with Gasteiger partial charge in [-0.15, -0.1) is 12.4 Å². The van der Waals surface area contributed by atoms with Gasteiger partial charge in [-0.1, -0.05) is 71.2 Å². The van der Waals surface area contributed by atoms with Crippen LogP contribution in [-0.2, 0) is 0 Å². The third kappa shape index (κ3) is 6.51. The van der Waals surface area contributed by atoms with Crippen molar-refractivity contribution < 1.29 is 0 Å². The fraction of sp³-hybridized carbons (Fsp3) is 0.